The zero-order valence-electron chi connectivity index (χ0n) is 15.6. The molecular formula is C19H18N4O6S. The van der Waals surface area contributed by atoms with E-state index in [1.165, 1.54) is 36.4 Å². The summed E-state index contributed by atoms with van der Waals surface area (Å²) in [7, 11) is -4.09. The van der Waals surface area contributed by atoms with Gasteiger partial charge in [0.1, 0.15) is 17.2 Å². The number of amides is 1. The van der Waals surface area contributed by atoms with Gasteiger partial charge < -0.3 is 19.6 Å². The third-order valence-corrected chi connectivity index (χ3v) is 5.70. The fraction of sp³-hybridized carbons (Fsp3) is 0.211. The molecule has 0 aliphatic heterocycles. The standard InChI is InChI=1S/C19H18N4O6S/c24-17(25)10-20-12-3-6-14(7-4-12)30(27,28)29-13-5-8-15-16(9-13)22-19(21-15)23-18(26)11-1-2-11/h3-9,11,20H,1-2,10H2,(H,24,25)(H2,21,22,23,26). The minimum atomic E-state index is -4.09. The van der Waals surface area contributed by atoms with Gasteiger partial charge in [-0.25, -0.2) is 4.98 Å². The van der Waals surface area contributed by atoms with E-state index in [2.05, 4.69) is 20.6 Å². The van der Waals surface area contributed by atoms with Crippen molar-refractivity contribution in [1.82, 2.24) is 9.97 Å². The first-order valence-electron chi connectivity index (χ1n) is 9.11. The largest absolute Gasteiger partial charge is 0.480 e. The van der Waals surface area contributed by atoms with E-state index in [1.54, 1.807) is 6.07 Å². The van der Waals surface area contributed by atoms with E-state index in [0.29, 0.717) is 22.7 Å². The van der Waals surface area contributed by atoms with Crippen LogP contribution in [0.3, 0.4) is 0 Å². The Bertz CT molecular complexity index is 1220. The Hall–Kier alpha value is -3.60. The molecule has 4 N–H and O–H groups in total. The van der Waals surface area contributed by atoms with Gasteiger partial charge in [0.15, 0.2) is 0 Å². The average molecular weight is 430 g/mol. The van der Waals surface area contributed by atoms with Gasteiger partial charge in [0.05, 0.1) is 11.0 Å². The van der Waals surface area contributed by atoms with Crippen molar-refractivity contribution in [3.05, 3.63) is 42.5 Å². The van der Waals surface area contributed by atoms with E-state index in [0.717, 1.165) is 12.8 Å². The first-order chi connectivity index (χ1) is 14.3. The van der Waals surface area contributed by atoms with Gasteiger partial charge in [-0.2, -0.15) is 8.42 Å². The highest BCUT2D eigenvalue weighted by Gasteiger charge is 2.30. The number of rotatable bonds is 8. The molecule has 1 aliphatic carbocycles. The van der Waals surface area contributed by atoms with Crippen molar-refractivity contribution in [2.24, 2.45) is 5.92 Å². The molecule has 156 valence electrons. The molecule has 1 fully saturated rings. The number of carbonyl (C=O) groups excluding carboxylic acids is 1. The molecular weight excluding hydrogens is 412 g/mol. The van der Waals surface area contributed by atoms with Crippen LogP contribution in [0.25, 0.3) is 11.0 Å². The molecule has 1 amide bonds. The van der Waals surface area contributed by atoms with Gasteiger partial charge in [-0.3, -0.25) is 14.9 Å². The molecule has 30 heavy (non-hydrogen) atoms. The van der Waals surface area contributed by atoms with Crippen molar-refractivity contribution in [1.29, 1.82) is 0 Å². The van der Waals surface area contributed by atoms with E-state index in [-0.39, 0.29) is 29.0 Å². The summed E-state index contributed by atoms with van der Waals surface area (Å²) >= 11 is 0. The predicted molar refractivity (Wildman–Crippen MR) is 108 cm³/mol. The number of hydrogen-bond donors (Lipinski definition) is 4. The highest BCUT2D eigenvalue weighted by Crippen LogP contribution is 2.30. The number of imidazole rings is 1. The summed E-state index contributed by atoms with van der Waals surface area (Å²) in [6.45, 7) is -0.282. The number of carboxylic acid groups (broad SMARTS) is 1. The summed E-state index contributed by atoms with van der Waals surface area (Å²) in [5.74, 6) is -0.701. The summed E-state index contributed by atoms with van der Waals surface area (Å²) in [6, 6.07) is 10.1. The van der Waals surface area contributed by atoms with Crippen LogP contribution in [-0.2, 0) is 19.7 Å². The first kappa shape index (κ1) is 19.7. The maximum Gasteiger partial charge on any atom is 0.339 e. The van der Waals surface area contributed by atoms with Crippen LogP contribution in [0.15, 0.2) is 47.4 Å². The molecule has 2 aromatic carbocycles. The van der Waals surface area contributed by atoms with Gasteiger partial charge in [0.25, 0.3) is 0 Å². The average Bonchev–Trinajstić information content (AvgIpc) is 3.47. The lowest BCUT2D eigenvalue weighted by atomic mass is 10.3. The minimum Gasteiger partial charge on any atom is -0.480 e. The minimum absolute atomic E-state index is 0.0352. The molecule has 0 unspecified atom stereocenters. The molecule has 0 saturated heterocycles. The molecule has 1 aromatic heterocycles. The number of fused-ring (bicyclic) bond motifs is 1. The number of carbonyl (C=O) groups is 2. The molecule has 4 rings (SSSR count). The Balaban J connectivity index is 1.47. The molecule has 11 heteroatoms. The third-order valence-electron chi connectivity index (χ3n) is 4.44. The van der Waals surface area contributed by atoms with Gasteiger partial charge >= 0.3 is 16.1 Å². The molecule has 0 bridgehead atoms. The van der Waals surface area contributed by atoms with Gasteiger partial charge in [-0.1, -0.05) is 0 Å². The number of nitrogens with one attached hydrogen (secondary N) is 3. The second kappa shape index (κ2) is 7.67. The number of carboxylic acids is 1. The summed E-state index contributed by atoms with van der Waals surface area (Å²) in [5.41, 5.74) is 1.54. The Labute approximate surface area is 171 Å². The monoisotopic (exact) mass is 430 g/mol. The quantitative estimate of drug-likeness (QED) is 0.397. The van der Waals surface area contributed by atoms with Crippen molar-refractivity contribution < 1.29 is 27.3 Å². The van der Waals surface area contributed by atoms with Crippen LogP contribution >= 0.6 is 0 Å². The van der Waals surface area contributed by atoms with Crippen molar-refractivity contribution in [2.75, 3.05) is 17.2 Å². The van der Waals surface area contributed by atoms with E-state index < -0.39 is 16.1 Å². The van der Waals surface area contributed by atoms with Crippen LogP contribution in [-0.4, -0.2) is 41.9 Å². The highest BCUT2D eigenvalue weighted by molar-refractivity contribution is 7.87. The SMILES string of the molecule is O=C(O)CNc1ccc(S(=O)(=O)Oc2ccc3nc(NC(=O)C4CC4)[nH]c3c2)cc1. The summed E-state index contributed by atoms with van der Waals surface area (Å²) < 4.78 is 30.3. The molecule has 3 aromatic rings. The molecule has 0 atom stereocenters. The number of anilines is 2. The number of nitrogens with zero attached hydrogens (tertiary/aromatic N) is 1. The molecule has 1 saturated carbocycles. The Kier molecular flexibility index (Phi) is 5.04. The number of aliphatic carboxylic acids is 1. The van der Waals surface area contributed by atoms with Gasteiger partial charge in [0.2, 0.25) is 11.9 Å². The van der Waals surface area contributed by atoms with Gasteiger partial charge in [0, 0.05) is 17.7 Å². The maximum atomic E-state index is 12.5. The smallest absolute Gasteiger partial charge is 0.339 e. The Morgan fingerprint density at radius 3 is 2.57 bits per heavy atom. The topological polar surface area (TPSA) is 150 Å². The van der Waals surface area contributed by atoms with Crippen LogP contribution in [0.5, 0.6) is 5.75 Å². The van der Waals surface area contributed by atoms with Gasteiger partial charge in [-0.15, -0.1) is 0 Å². The lowest BCUT2D eigenvalue weighted by Gasteiger charge is -2.08. The Morgan fingerprint density at radius 2 is 1.90 bits per heavy atom. The zero-order valence-corrected chi connectivity index (χ0v) is 16.4. The van der Waals surface area contributed by atoms with Crippen molar-refractivity contribution in [2.45, 2.75) is 17.7 Å². The van der Waals surface area contributed by atoms with E-state index in [4.69, 9.17) is 9.29 Å². The summed E-state index contributed by atoms with van der Waals surface area (Å²) in [6.07, 6.45) is 1.75. The fourth-order valence-electron chi connectivity index (χ4n) is 2.76. The molecule has 1 aliphatic rings. The molecule has 0 spiro atoms. The van der Waals surface area contributed by atoms with E-state index >= 15 is 0 Å². The molecule has 0 radical (unpaired) electrons. The maximum absolute atomic E-state index is 12.5. The zero-order chi connectivity index (χ0) is 21.3. The van der Waals surface area contributed by atoms with E-state index in [1.807, 2.05) is 0 Å². The lowest BCUT2D eigenvalue weighted by Crippen LogP contribution is -2.14. The number of benzene rings is 2. The van der Waals surface area contributed by atoms with Crippen LogP contribution in [0, 0.1) is 5.92 Å². The van der Waals surface area contributed by atoms with Crippen LogP contribution in [0.4, 0.5) is 11.6 Å². The highest BCUT2D eigenvalue weighted by atomic mass is 32.2. The van der Waals surface area contributed by atoms with Crippen molar-refractivity contribution in [3.8, 4) is 5.75 Å². The van der Waals surface area contributed by atoms with Crippen molar-refractivity contribution in [3.63, 3.8) is 0 Å². The Morgan fingerprint density at radius 1 is 1.17 bits per heavy atom. The summed E-state index contributed by atoms with van der Waals surface area (Å²) in [4.78, 5) is 29.5. The van der Waals surface area contributed by atoms with Crippen LogP contribution in [0.2, 0.25) is 0 Å². The normalized spacial score (nSPS) is 13.7. The lowest BCUT2D eigenvalue weighted by molar-refractivity contribution is -0.135. The number of aromatic amines is 1. The fourth-order valence-corrected chi connectivity index (χ4v) is 3.68. The molecule has 10 nitrogen and oxygen atoms in total. The molecule has 1 heterocycles. The number of hydrogen-bond acceptors (Lipinski definition) is 7. The third kappa shape index (κ3) is 4.51. The van der Waals surface area contributed by atoms with Crippen molar-refractivity contribution >= 4 is 44.7 Å². The van der Waals surface area contributed by atoms with Gasteiger partial charge in [-0.05, 0) is 49.2 Å². The second-order valence-corrected chi connectivity index (χ2v) is 8.38. The number of H-pyrrole nitrogens is 1. The van der Waals surface area contributed by atoms with Crippen LogP contribution in [0.1, 0.15) is 12.8 Å². The number of aromatic nitrogens is 2. The van der Waals surface area contributed by atoms with E-state index in [9.17, 15) is 18.0 Å². The second-order valence-electron chi connectivity index (χ2n) is 6.84. The van der Waals surface area contributed by atoms with Crippen LogP contribution < -0.4 is 14.8 Å². The summed E-state index contributed by atoms with van der Waals surface area (Å²) in [5, 5.41) is 14.0. The predicted octanol–water partition coefficient (Wildman–Crippen LogP) is 2.18. The first-order valence-corrected chi connectivity index (χ1v) is 10.5.